The van der Waals surface area contributed by atoms with Gasteiger partial charge in [0.25, 0.3) is 0 Å². The van der Waals surface area contributed by atoms with Crippen molar-refractivity contribution in [1.82, 2.24) is 24.9 Å². The summed E-state index contributed by atoms with van der Waals surface area (Å²) in [6, 6.07) is 8.59. The van der Waals surface area contributed by atoms with E-state index in [9.17, 15) is 9.18 Å². The van der Waals surface area contributed by atoms with E-state index in [1.165, 1.54) is 25.3 Å². The summed E-state index contributed by atoms with van der Waals surface area (Å²) in [6.07, 6.45) is 3.61. The number of likely N-dealkylation sites (tertiary alicyclic amines) is 1. The van der Waals surface area contributed by atoms with Crippen LogP contribution in [0.25, 0.3) is 11.3 Å². The summed E-state index contributed by atoms with van der Waals surface area (Å²) in [7, 11) is 3.97. The Labute approximate surface area is 166 Å². The summed E-state index contributed by atoms with van der Waals surface area (Å²) in [5, 5.41) is 7.59. The predicted octanol–water partition coefficient (Wildman–Crippen LogP) is 2.35. The largest absolute Gasteiger partial charge is 0.353 e. The maximum Gasteiger partial charge on any atom is 0.234 e. The van der Waals surface area contributed by atoms with Gasteiger partial charge in [0.1, 0.15) is 5.82 Å². The molecule has 2 aromatic rings. The Morgan fingerprint density at radius 3 is 2.68 bits per heavy atom. The number of rotatable bonds is 8. The first kappa shape index (κ1) is 20.5. The molecular formula is C21H30FN5O. The predicted molar refractivity (Wildman–Crippen MR) is 108 cm³/mol. The molecule has 0 spiro atoms. The van der Waals surface area contributed by atoms with Crippen LogP contribution in [0.1, 0.15) is 25.0 Å². The summed E-state index contributed by atoms with van der Waals surface area (Å²) < 4.78 is 16.0. The lowest BCUT2D eigenvalue weighted by Crippen LogP contribution is -2.40. The molecule has 1 amide bonds. The van der Waals surface area contributed by atoms with Crippen molar-refractivity contribution in [2.24, 2.45) is 0 Å². The van der Waals surface area contributed by atoms with Crippen LogP contribution >= 0.6 is 0 Å². The minimum atomic E-state index is -0.279. The summed E-state index contributed by atoms with van der Waals surface area (Å²) in [6.45, 7) is 4.24. The third-order valence-corrected chi connectivity index (χ3v) is 4.95. The van der Waals surface area contributed by atoms with E-state index in [2.05, 4.69) is 15.3 Å². The van der Waals surface area contributed by atoms with Crippen LogP contribution in [0.5, 0.6) is 0 Å². The van der Waals surface area contributed by atoms with Gasteiger partial charge in [-0.1, -0.05) is 18.6 Å². The molecule has 3 rings (SSSR count). The molecule has 1 fully saturated rings. The molecule has 1 aromatic carbocycles. The normalized spacial score (nSPS) is 15.1. The number of nitrogens with one attached hydrogen (secondary N) is 1. The number of piperidine rings is 1. The summed E-state index contributed by atoms with van der Waals surface area (Å²) >= 11 is 0. The Balaban J connectivity index is 1.61. The van der Waals surface area contributed by atoms with Gasteiger partial charge in [-0.15, -0.1) is 0 Å². The van der Waals surface area contributed by atoms with Crippen molar-refractivity contribution in [3.05, 3.63) is 41.8 Å². The molecule has 1 aliphatic heterocycles. The minimum absolute atomic E-state index is 0.0533. The van der Waals surface area contributed by atoms with Crippen molar-refractivity contribution in [2.75, 3.05) is 40.3 Å². The van der Waals surface area contributed by atoms with Crippen LogP contribution in [0, 0.1) is 5.82 Å². The molecule has 1 saturated heterocycles. The number of hydrogen-bond acceptors (Lipinski definition) is 4. The highest BCUT2D eigenvalue weighted by atomic mass is 19.1. The van der Waals surface area contributed by atoms with Gasteiger partial charge >= 0.3 is 0 Å². The Kier molecular flexibility index (Phi) is 7.17. The lowest BCUT2D eigenvalue weighted by molar-refractivity contribution is -0.122. The molecule has 1 aliphatic rings. The SMILES string of the molecule is CN(C)Cc1cc(-c2ccccc2F)nn1CCNC(=O)CN1CCCCC1. The van der Waals surface area contributed by atoms with Gasteiger partial charge in [-0.25, -0.2) is 4.39 Å². The van der Waals surface area contributed by atoms with E-state index in [4.69, 9.17) is 0 Å². The summed E-state index contributed by atoms with van der Waals surface area (Å²) in [5.41, 5.74) is 2.11. The third kappa shape index (κ3) is 5.62. The highest BCUT2D eigenvalue weighted by Crippen LogP contribution is 2.22. The van der Waals surface area contributed by atoms with Crippen LogP contribution in [0.4, 0.5) is 4.39 Å². The molecule has 152 valence electrons. The van der Waals surface area contributed by atoms with Gasteiger partial charge in [0.05, 0.1) is 24.5 Å². The van der Waals surface area contributed by atoms with Gasteiger partial charge in [-0.2, -0.15) is 5.10 Å². The van der Waals surface area contributed by atoms with Gasteiger partial charge in [0, 0.05) is 18.7 Å². The zero-order valence-electron chi connectivity index (χ0n) is 16.8. The molecule has 1 N–H and O–H groups in total. The third-order valence-electron chi connectivity index (χ3n) is 4.95. The fraction of sp³-hybridized carbons (Fsp3) is 0.524. The average molecular weight is 388 g/mol. The van der Waals surface area contributed by atoms with Crippen molar-refractivity contribution in [2.45, 2.75) is 32.4 Å². The Bertz CT molecular complexity index is 783. The first-order valence-corrected chi connectivity index (χ1v) is 9.98. The summed E-state index contributed by atoms with van der Waals surface area (Å²) in [5.74, 6) is -0.226. The van der Waals surface area contributed by atoms with Crippen molar-refractivity contribution >= 4 is 5.91 Å². The zero-order chi connectivity index (χ0) is 19.9. The van der Waals surface area contributed by atoms with Crippen molar-refractivity contribution < 1.29 is 9.18 Å². The minimum Gasteiger partial charge on any atom is -0.353 e. The lowest BCUT2D eigenvalue weighted by atomic mass is 10.1. The lowest BCUT2D eigenvalue weighted by Gasteiger charge is -2.25. The van der Waals surface area contributed by atoms with E-state index in [0.29, 0.717) is 37.4 Å². The second-order valence-electron chi connectivity index (χ2n) is 7.65. The number of amides is 1. The zero-order valence-corrected chi connectivity index (χ0v) is 16.8. The molecule has 0 atom stereocenters. The molecule has 6 nitrogen and oxygen atoms in total. The number of nitrogens with zero attached hydrogens (tertiary/aromatic N) is 4. The topological polar surface area (TPSA) is 53.4 Å². The Morgan fingerprint density at radius 1 is 1.21 bits per heavy atom. The molecule has 0 aliphatic carbocycles. The molecule has 0 unspecified atom stereocenters. The fourth-order valence-corrected chi connectivity index (χ4v) is 3.58. The van der Waals surface area contributed by atoms with Crippen LogP contribution in [0.15, 0.2) is 30.3 Å². The monoisotopic (exact) mass is 387 g/mol. The molecule has 1 aromatic heterocycles. The molecular weight excluding hydrogens is 357 g/mol. The van der Waals surface area contributed by atoms with E-state index >= 15 is 0 Å². The maximum absolute atomic E-state index is 14.1. The quantitative estimate of drug-likeness (QED) is 0.756. The van der Waals surface area contributed by atoms with E-state index in [1.807, 2.05) is 35.8 Å². The van der Waals surface area contributed by atoms with Crippen molar-refractivity contribution in [3.63, 3.8) is 0 Å². The van der Waals surface area contributed by atoms with Gasteiger partial charge < -0.3 is 10.2 Å². The molecule has 0 bridgehead atoms. The number of carbonyl (C=O) groups is 1. The first-order valence-electron chi connectivity index (χ1n) is 9.98. The second-order valence-corrected chi connectivity index (χ2v) is 7.65. The number of hydrogen-bond donors (Lipinski definition) is 1. The van der Waals surface area contributed by atoms with E-state index < -0.39 is 0 Å². The highest BCUT2D eigenvalue weighted by molar-refractivity contribution is 5.77. The number of benzene rings is 1. The maximum atomic E-state index is 14.1. The van der Waals surface area contributed by atoms with Crippen molar-refractivity contribution in [3.8, 4) is 11.3 Å². The highest BCUT2D eigenvalue weighted by Gasteiger charge is 2.15. The van der Waals surface area contributed by atoms with Gasteiger partial charge in [0.15, 0.2) is 0 Å². The molecule has 0 saturated carbocycles. The van der Waals surface area contributed by atoms with Crippen LogP contribution in [-0.4, -0.2) is 65.8 Å². The summed E-state index contributed by atoms with van der Waals surface area (Å²) in [4.78, 5) is 16.5. The standard InChI is InChI=1S/C21H30FN5O/c1-25(2)15-17-14-20(18-8-4-5-9-19(18)22)24-27(17)13-10-23-21(28)16-26-11-6-3-7-12-26/h4-5,8-9,14H,3,6-7,10-13,15-16H2,1-2H3,(H,23,28). The molecule has 28 heavy (non-hydrogen) atoms. The van der Waals surface area contributed by atoms with E-state index in [0.717, 1.165) is 18.8 Å². The van der Waals surface area contributed by atoms with Crippen LogP contribution < -0.4 is 5.32 Å². The second kappa shape index (κ2) is 9.80. The Hall–Kier alpha value is -2.25. The molecule has 2 heterocycles. The number of carbonyl (C=O) groups excluding carboxylic acids is 1. The van der Waals surface area contributed by atoms with Gasteiger partial charge in [-0.05, 0) is 58.2 Å². The van der Waals surface area contributed by atoms with Crippen LogP contribution in [-0.2, 0) is 17.9 Å². The van der Waals surface area contributed by atoms with Crippen molar-refractivity contribution in [1.29, 1.82) is 0 Å². The smallest absolute Gasteiger partial charge is 0.234 e. The van der Waals surface area contributed by atoms with E-state index in [-0.39, 0.29) is 11.7 Å². The fourth-order valence-electron chi connectivity index (χ4n) is 3.58. The number of aromatic nitrogens is 2. The molecule has 7 heteroatoms. The van der Waals surface area contributed by atoms with E-state index in [1.54, 1.807) is 12.1 Å². The Morgan fingerprint density at radius 2 is 1.96 bits per heavy atom. The average Bonchev–Trinajstić information content (AvgIpc) is 3.04. The van der Waals surface area contributed by atoms with Gasteiger partial charge in [-0.3, -0.25) is 14.4 Å². The first-order chi connectivity index (χ1) is 13.5. The van der Waals surface area contributed by atoms with Crippen LogP contribution in [0.2, 0.25) is 0 Å². The van der Waals surface area contributed by atoms with Crippen LogP contribution in [0.3, 0.4) is 0 Å². The number of halogens is 1. The molecule has 0 radical (unpaired) electrons. The van der Waals surface area contributed by atoms with Gasteiger partial charge in [0.2, 0.25) is 5.91 Å².